The fourth-order valence-corrected chi connectivity index (χ4v) is 2.53. The number of β-amino-alcohol motifs (C(OH)–C–C–N with tert-alkyl or cyclic N) is 1. The lowest BCUT2D eigenvalue weighted by Crippen LogP contribution is -2.63. The molecule has 0 radical (unpaired) electrons. The number of nitrogens with zero attached hydrogens (tertiary/aromatic N) is 3. The molecule has 1 aromatic heterocycles. The van der Waals surface area contributed by atoms with Gasteiger partial charge in [-0.1, -0.05) is 20.3 Å². The van der Waals surface area contributed by atoms with E-state index in [0.717, 1.165) is 12.8 Å². The molecule has 1 aliphatic rings. The van der Waals surface area contributed by atoms with Crippen molar-refractivity contribution in [2.75, 3.05) is 13.1 Å². The second-order valence-electron chi connectivity index (χ2n) is 5.42. The number of rotatable bonds is 5. The fraction of sp³-hybridized carbons (Fsp3) is 0.643. The Morgan fingerprint density at radius 3 is 2.65 bits per heavy atom. The molecule has 1 N–H and O–H groups in total. The molecule has 1 fully saturated rings. The molecule has 0 unspecified atom stereocenters. The summed E-state index contributed by atoms with van der Waals surface area (Å²) in [5.74, 6) is -0.226. The van der Waals surface area contributed by atoms with Crippen molar-refractivity contribution >= 4 is 5.91 Å². The van der Waals surface area contributed by atoms with E-state index in [4.69, 9.17) is 0 Å². The smallest absolute Gasteiger partial charge is 0.274 e. The van der Waals surface area contributed by atoms with Gasteiger partial charge in [0.15, 0.2) is 0 Å². The Hall–Kier alpha value is -1.69. The van der Waals surface area contributed by atoms with Crippen molar-refractivity contribution in [3.63, 3.8) is 0 Å². The van der Waals surface area contributed by atoms with E-state index in [2.05, 4.69) is 5.10 Å². The second-order valence-corrected chi connectivity index (χ2v) is 5.42. The van der Waals surface area contributed by atoms with Crippen LogP contribution < -0.4 is 5.56 Å². The Morgan fingerprint density at radius 2 is 2.05 bits per heavy atom. The lowest BCUT2D eigenvalue weighted by molar-refractivity contribution is -0.0862. The van der Waals surface area contributed by atoms with Crippen LogP contribution in [0, 0.1) is 0 Å². The first-order valence-corrected chi connectivity index (χ1v) is 7.09. The van der Waals surface area contributed by atoms with Crippen molar-refractivity contribution in [3.8, 4) is 0 Å². The number of carbonyl (C=O) groups excluding carboxylic acids is 1. The van der Waals surface area contributed by atoms with Crippen molar-refractivity contribution < 1.29 is 9.90 Å². The molecule has 1 aliphatic heterocycles. The van der Waals surface area contributed by atoms with Crippen LogP contribution in [0.4, 0.5) is 0 Å². The zero-order valence-electron chi connectivity index (χ0n) is 12.0. The monoisotopic (exact) mass is 279 g/mol. The highest BCUT2D eigenvalue weighted by Crippen LogP contribution is 2.26. The summed E-state index contributed by atoms with van der Waals surface area (Å²) in [7, 11) is 0. The molecular weight excluding hydrogens is 258 g/mol. The van der Waals surface area contributed by atoms with E-state index in [1.54, 1.807) is 4.90 Å². The summed E-state index contributed by atoms with van der Waals surface area (Å²) in [5.41, 5.74) is -0.687. The lowest BCUT2D eigenvalue weighted by atomic mass is 9.89. The van der Waals surface area contributed by atoms with Gasteiger partial charge in [0.05, 0.1) is 18.7 Å². The maximum atomic E-state index is 12.2. The average molecular weight is 279 g/mol. The Kier molecular flexibility index (Phi) is 4.23. The molecule has 1 saturated heterocycles. The largest absolute Gasteiger partial charge is 0.386 e. The van der Waals surface area contributed by atoms with Crippen molar-refractivity contribution in [2.45, 2.75) is 45.3 Å². The number of hydrogen-bond donors (Lipinski definition) is 1. The molecule has 0 bridgehead atoms. The molecular formula is C14H21N3O3. The van der Waals surface area contributed by atoms with Gasteiger partial charge in [-0.3, -0.25) is 9.59 Å². The summed E-state index contributed by atoms with van der Waals surface area (Å²) >= 11 is 0. The average Bonchev–Trinajstić information content (AvgIpc) is 2.38. The Morgan fingerprint density at radius 1 is 1.35 bits per heavy atom. The second kappa shape index (κ2) is 5.75. The molecule has 1 aromatic rings. The number of aryl methyl sites for hydroxylation is 1. The van der Waals surface area contributed by atoms with E-state index in [1.165, 1.54) is 16.8 Å². The minimum atomic E-state index is -0.748. The molecule has 2 rings (SSSR count). The Balaban J connectivity index is 2.08. The number of hydrogen-bond acceptors (Lipinski definition) is 4. The zero-order valence-corrected chi connectivity index (χ0v) is 12.0. The van der Waals surface area contributed by atoms with Gasteiger partial charge in [0.25, 0.3) is 11.5 Å². The van der Waals surface area contributed by atoms with Crippen LogP contribution in [0.5, 0.6) is 0 Å². The molecule has 6 heteroatoms. The quantitative estimate of drug-likeness (QED) is 0.858. The number of aromatic nitrogens is 2. The van der Waals surface area contributed by atoms with Crippen LogP contribution in [0.2, 0.25) is 0 Å². The van der Waals surface area contributed by atoms with Crippen LogP contribution in [-0.4, -0.2) is 44.4 Å². The standard InChI is InChI=1S/C14H21N3O3/c1-3-7-14(20)9-16(10-14)13(19)11-5-6-12(18)17(15-11)8-4-2/h5-6,20H,3-4,7-10H2,1-2H3. The summed E-state index contributed by atoms with van der Waals surface area (Å²) in [6.45, 7) is 5.13. The predicted octanol–water partition coefficient (Wildman–Crippen LogP) is 0.640. The topological polar surface area (TPSA) is 75.4 Å². The fourth-order valence-electron chi connectivity index (χ4n) is 2.53. The number of carbonyl (C=O) groups is 1. The van der Waals surface area contributed by atoms with Crippen molar-refractivity contribution in [2.24, 2.45) is 0 Å². The number of amides is 1. The van der Waals surface area contributed by atoms with E-state index in [9.17, 15) is 14.7 Å². The molecule has 0 aliphatic carbocycles. The third-order valence-corrected chi connectivity index (χ3v) is 3.49. The van der Waals surface area contributed by atoms with E-state index >= 15 is 0 Å². The highest BCUT2D eigenvalue weighted by Gasteiger charge is 2.43. The van der Waals surface area contributed by atoms with Crippen LogP contribution >= 0.6 is 0 Å². The minimum absolute atomic E-state index is 0.200. The maximum absolute atomic E-state index is 12.2. The minimum Gasteiger partial charge on any atom is -0.386 e. The normalized spacial score (nSPS) is 16.9. The van der Waals surface area contributed by atoms with Gasteiger partial charge in [-0.15, -0.1) is 0 Å². The first kappa shape index (κ1) is 14.7. The lowest BCUT2D eigenvalue weighted by Gasteiger charge is -2.46. The first-order chi connectivity index (χ1) is 9.49. The number of likely N-dealkylation sites (tertiary alicyclic amines) is 1. The van der Waals surface area contributed by atoms with Gasteiger partial charge >= 0.3 is 0 Å². The molecule has 6 nitrogen and oxygen atoms in total. The van der Waals surface area contributed by atoms with Crippen LogP contribution in [0.3, 0.4) is 0 Å². The van der Waals surface area contributed by atoms with Crippen LogP contribution in [-0.2, 0) is 6.54 Å². The summed E-state index contributed by atoms with van der Waals surface area (Å²) in [6.07, 6.45) is 2.36. The van der Waals surface area contributed by atoms with E-state index in [-0.39, 0.29) is 17.2 Å². The van der Waals surface area contributed by atoms with Gasteiger partial charge in [0.1, 0.15) is 5.69 Å². The molecule has 0 atom stereocenters. The van der Waals surface area contributed by atoms with Crippen LogP contribution in [0.1, 0.15) is 43.6 Å². The third kappa shape index (κ3) is 2.90. The maximum Gasteiger partial charge on any atom is 0.274 e. The summed E-state index contributed by atoms with van der Waals surface area (Å²) in [6, 6.07) is 2.82. The molecule has 0 saturated carbocycles. The van der Waals surface area contributed by atoms with Crippen LogP contribution in [0.15, 0.2) is 16.9 Å². The highest BCUT2D eigenvalue weighted by molar-refractivity contribution is 5.92. The van der Waals surface area contributed by atoms with E-state index < -0.39 is 5.60 Å². The van der Waals surface area contributed by atoms with Gasteiger partial charge in [0.2, 0.25) is 0 Å². The third-order valence-electron chi connectivity index (χ3n) is 3.49. The van der Waals surface area contributed by atoms with Crippen molar-refractivity contribution in [1.82, 2.24) is 14.7 Å². The predicted molar refractivity (Wildman–Crippen MR) is 74.5 cm³/mol. The molecule has 20 heavy (non-hydrogen) atoms. The molecule has 0 spiro atoms. The summed E-state index contributed by atoms with van der Waals surface area (Å²) in [4.78, 5) is 25.4. The molecule has 2 heterocycles. The van der Waals surface area contributed by atoms with Gasteiger partial charge in [-0.25, -0.2) is 4.68 Å². The van der Waals surface area contributed by atoms with Crippen LogP contribution in [0.25, 0.3) is 0 Å². The SMILES string of the molecule is CCCn1nc(C(=O)N2CC(O)(CCC)C2)ccc1=O. The summed E-state index contributed by atoms with van der Waals surface area (Å²) in [5, 5.41) is 14.2. The van der Waals surface area contributed by atoms with Gasteiger partial charge < -0.3 is 10.0 Å². The first-order valence-electron chi connectivity index (χ1n) is 7.09. The molecule has 0 aromatic carbocycles. The molecule has 110 valence electrons. The zero-order chi connectivity index (χ0) is 14.8. The highest BCUT2D eigenvalue weighted by atomic mass is 16.3. The molecule has 1 amide bonds. The van der Waals surface area contributed by atoms with E-state index in [0.29, 0.717) is 26.1 Å². The Bertz CT molecular complexity index is 547. The van der Waals surface area contributed by atoms with Gasteiger partial charge in [-0.2, -0.15) is 5.10 Å². The van der Waals surface area contributed by atoms with Crippen molar-refractivity contribution in [1.29, 1.82) is 0 Å². The van der Waals surface area contributed by atoms with Gasteiger partial charge in [-0.05, 0) is 18.9 Å². The van der Waals surface area contributed by atoms with Gasteiger partial charge in [0, 0.05) is 12.6 Å². The summed E-state index contributed by atoms with van der Waals surface area (Å²) < 4.78 is 1.31. The Labute approximate surface area is 118 Å². The number of aliphatic hydroxyl groups is 1. The van der Waals surface area contributed by atoms with Crippen molar-refractivity contribution in [3.05, 3.63) is 28.2 Å². The van der Waals surface area contributed by atoms with E-state index in [1.807, 2.05) is 13.8 Å².